The van der Waals surface area contributed by atoms with Gasteiger partial charge in [-0.05, 0) is 67.8 Å². The van der Waals surface area contributed by atoms with E-state index in [1.165, 1.54) is 44.7 Å². The number of pyridine rings is 1. The van der Waals surface area contributed by atoms with Gasteiger partial charge in [-0.15, -0.1) is 24.8 Å². The highest BCUT2D eigenvalue weighted by Gasteiger charge is 2.50. The van der Waals surface area contributed by atoms with Crippen LogP contribution in [0, 0.1) is 23.2 Å². The summed E-state index contributed by atoms with van der Waals surface area (Å²) in [6.45, 7) is 2.16. The van der Waals surface area contributed by atoms with E-state index in [0.717, 1.165) is 24.3 Å². The number of aliphatic hydroxyl groups excluding tert-OH is 1. The van der Waals surface area contributed by atoms with Crippen LogP contribution in [0.5, 0.6) is 0 Å². The molecule has 4 bridgehead atoms. The number of aromatic nitrogens is 1. The molecule has 0 spiro atoms. The van der Waals surface area contributed by atoms with Gasteiger partial charge in [0.1, 0.15) is 5.82 Å². The van der Waals surface area contributed by atoms with Crippen LogP contribution >= 0.6 is 36.4 Å². The van der Waals surface area contributed by atoms with Crippen molar-refractivity contribution < 1.29 is 9.90 Å². The second-order valence-corrected chi connectivity index (χ2v) is 9.53. The molecular weight excluding hydrogens is 447 g/mol. The van der Waals surface area contributed by atoms with Crippen molar-refractivity contribution in [3.63, 3.8) is 0 Å². The molecule has 9 heteroatoms. The fourth-order valence-electron chi connectivity index (χ4n) is 6.26. The van der Waals surface area contributed by atoms with Crippen molar-refractivity contribution in [2.24, 2.45) is 28.9 Å². The number of rotatable bonds is 8. The first-order chi connectivity index (χ1) is 13.5. The van der Waals surface area contributed by atoms with E-state index >= 15 is 0 Å². The first-order valence-electron chi connectivity index (χ1n) is 10.5. The Hall–Kier alpha value is -0.790. The van der Waals surface area contributed by atoms with E-state index < -0.39 is 0 Å². The summed E-state index contributed by atoms with van der Waals surface area (Å²) >= 11 is 6.29. The number of halogens is 3. The molecular formula is C21H33Cl3N4O2. The van der Waals surface area contributed by atoms with Crippen LogP contribution in [0.25, 0.3) is 0 Å². The third-order valence-corrected chi connectivity index (χ3v) is 7.27. The van der Waals surface area contributed by atoms with Gasteiger partial charge >= 0.3 is 0 Å². The van der Waals surface area contributed by atoms with E-state index in [4.69, 9.17) is 17.3 Å². The minimum absolute atomic E-state index is 0. The van der Waals surface area contributed by atoms with Gasteiger partial charge in [-0.25, -0.2) is 4.98 Å². The fourth-order valence-corrected chi connectivity index (χ4v) is 6.45. The number of anilines is 1. The lowest BCUT2D eigenvalue weighted by atomic mass is 9.49. The summed E-state index contributed by atoms with van der Waals surface area (Å²) in [5.41, 5.74) is 6.39. The predicted molar refractivity (Wildman–Crippen MR) is 125 cm³/mol. The molecule has 6 nitrogen and oxygen atoms in total. The lowest BCUT2D eigenvalue weighted by Crippen LogP contribution is -2.51. The Labute approximate surface area is 196 Å². The molecule has 1 heterocycles. The second-order valence-electron chi connectivity index (χ2n) is 9.12. The highest BCUT2D eigenvalue weighted by molar-refractivity contribution is 6.33. The van der Waals surface area contributed by atoms with Gasteiger partial charge in [-0.3, -0.25) is 4.79 Å². The molecule has 5 rings (SSSR count). The molecule has 4 aliphatic carbocycles. The van der Waals surface area contributed by atoms with Crippen molar-refractivity contribution in [1.29, 1.82) is 0 Å². The van der Waals surface area contributed by atoms with Crippen molar-refractivity contribution in [2.75, 3.05) is 37.7 Å². The van der Waals surface area contributed by atoms with E-state index in [1.54, 1.807) is 6.07 Å². The predicted octanol–water partition coefficient (Wildman–Crippen LogP) is 3.28. The average Bonchev–Trinajstić information content (AvgIpc) is 2.65. The van der Waals surface area contributed by atoms with Gasteiger partial charge in [0.25, 0.3) is 5.91 Å². The zero-order valence-electron chi connectivity index (χ0n) is 17.2. The summed E-state index contributed by atoms with van der Waals surface area (Å²) in [6, 6.07) is 1.71. The van der Waals surface area contributed by atoms with E-state index in [1.807, 2.05) is 4.90 Å². The molecule has 0 saturated heterocycles. The largest absolute Gasteiger partial charge is 0.395 e. The summed E-state index contributed by atoms with van der Waals surface area (Å²) in [5, 5.41) is 12.8. The molecule has 1 aromatic rings. The number of nitrogens with one attached hydrogen (secondary N) is 1. The van der Waals surface area contributed by atoms with Crippen LogP contribution in [0.1, 0.15) is 48.9 Å². The standard InChI is InChI=1S/C21H31ClN4O2.2ClH/c22-18-12-24-19(26(2-1-23)3-4-27)8-17(18)20(28)25-13-21-9-14-5-15(10-21)7-16(6-14)11-21;;/h8,12,14-16,27H,1-7,9-11,13,23H2,(H,25,28);2*1H. The van der Waals surface area contributed by atoms with Crippen LogP contribution in [-0.2, 0) is 0 Å². The van der Waals surface area contributed by atoms with Gasteiger partial charge in [0, 0.05) is 32.4 Å². The lowest BCUT2D eigenvalue weighted by Gasteiger charge is -2.56. The molecule has 0 atom stereocenters. The monoisotopic (exact) mass is 478 g/mol. The van der Waals surface area contributed by atoms with Crippen LogP contribution in [-0.4, -0.2) is 48.8 Å². The Balaban J connectivity index is 0.00000160. The van der Waals surface area contributed by atoms with E-state index in [0.29, 0.717) is 36.0 Å². The molecule has 0 aromatic carbocycles. The van der Waals surface area contributed by atoms with Gasteiger partial charge in [-0.2, -0.15) is 0 Å². The van der Waals surface area contributed by atoms with Crippen LogP contribution in [0.3, 0.4) is 0 Å². The van der Waals surface area contributed by atoms with Gasteiger partial charge in [0.15, 0.2) is 0 Å². The summed E-state index contributed by atoms with van der Waals surface area (Å²) < 4.78 is 0. The van der Waals surface area contributed by atoms with Gasteiger partial charge in [-0.1, -0.05) is 11.6 Å². The number of aliphatic hydroxyl groups is 1. The van der Waals surface area contributed by atoms with Crippen molar-refractivity contribution in [2.45, 2.75) is 38.5 Å². The van der Waals surface area contributed by atoms with Crippen LogP contribution in [0.4, 0.5) is 5.82 Å². The first-order valence-corrected chi connectivity index (χ1v) is 10.9. The Bertz CT molecular complexity index is 693. The highest BCUT2D eigenvalue weighted by atomic mass is 35.5. The van der Waals surface area contributed by atoms with Crippen molar-refractivity contribution in [3.05, 3.63) is 22.8 Å². The summed E-state index contributed by atoms with van der Waals surface area (Å²) in [4.78, 5) is 19.1. The van der Waals surface area contributed by atoms with E-state index in [2.05, 4.69) is 10.3 Å². The SMILES string of the molecule is Cl.Cl.NCCN(CCO)c1cc(C(=O)NCC23CC4CC(CC(C4)C2)C3)c(Cl)cn1. The van der Waals surface area contributed by atoms with Gasteiger partial charge in [0.05, 0.1) is 17.2 Å². The average molecular weight is 480 g/mol. The van der Waals surface area contributed by atoms with Crippen molar-refractivity contribution >= 4 is 48.1 Å². The van der Waals surface area contributed by atoms with Crippen molar-refractivity contribution in [3.8, 4) is 0 Å². The maximum absolute atomic E-state index is 12.9. The van der Waals surface area contributed by atoms with Crippen LogP contribution in [0.2, 0.25) is 5.02 Å². The number of hydrogen-bond donors (Lipinski definition) is 3. The fraction of sp³-hybridized carbons (Fsp3) is 0.714. The molecule has 4 N–H and O–H groups in total. The third-order valence-electron chi connectivity index (χ3n) is 6.97. The smallest absolute Gasteiger partial charge is 0.253 e. The number of nitrogens with zero attached hydrogens (tertiary/aromatic N) is 2. The van der Waals surface area contributed by atoms with Gasteiger partial charge < -0.3 is 21.1 Å². The third kappa shape index (κ3) is 5.33. The summed E-state index contributed by atoms with van der Waals surface area (Å²) in [6.07, 6.45) is 9.48. The van der Waals surface area contributed by atoms with Crippen LogP contribution < -0.4 is 16.0 Å². The maximum Gasteiger partial charge on any atom is 0.253 e. The zero-order chi connectivity index (χ0) is 19.7. The first kappa shape index (κ1) is 25.5. The van der Waals surface area contributed by atoms with Crippen LogP contribution in [0.15, 0.2) is 12.3 Å². The topological polar surface area (TPSA) is 91.5 Å². The Morgan fingerprint density at radius 2 is 1.80 bits per heavy atom. The Morgan fingerprint density at radius 1 is 1.20 bits per heavy atom. The molecule has 4 aliphatic rings. The number of nitrogens with two attached hydrogens (primary N) is 1. The number of amides is 1. The number of carbonyl (C=O) groups is 1. The van der Waals surface area contributed by atoms with Gasteiger partial charge in [0.2, 0.25) is 0 Å². The molecule has 30 heavy (non-hydrogen) atoms. The number of carbonyl (C=O) groups excluding carboxylic acids is 1. The quantitative estimate of drug-likeness (QED) is 0.532. The molecule has 0 unspecified atom stereocenters. The summed E-state index contributed by atoms with van der Waals surface area (Å²) in [5.74, 6) is 3.07. The molecule has 0 radical (unpaired) electrons. The number of hydrogen-bond acceptors (Lipinski definition) is 5. The Morgan fingerprint density at radius 3 is 2.33 bits per heavy atom. The second kappa shape index (κ2) is 10.7. The van der Waals surface area contributed by atoms with E-state index in [-0.39, 0.29) is 42.7 Å². The van der Waals surface area contributed by atoms with E-state index in [9.17, 15) is 9.90 Å². The Kier molecular flexibility index (Phi) is 9.07. The zero-order valence-corrected chi connectivity index (χ0v) is 19.6. The molecule has 170 valence electrons. The highest BCUT2D eigenvalue weighted by Crippen LogP contribution is 2.59. The minimum atomic E-state index is -0.138. The lowest BCUT2D eigenvalue weighted by molar-refractivity contribution is -0.0503. The minimum Gasteiger partial charge on any atom is -0.395 e. The molecule has 1 aromatic heterocycles. The summed E-state index contributed by atoms with van der Waals surface area (Å²) in [7, 11) is 0. The molecule has 4 saturated carbocycles. The molecule has 1 amide bonds. The molecule has 4 fully saturated rings. The normalized spacial score (nSPS) is 28.4. The maximum atomic E-state index is 12.9. The van der Waals surface area contributed by atoms with Crippen molar-refractivity contribution in [1.82, 2.24) is 10.3 Å². The molecule has 0 aliphatic heterocycles.